The summed E-state index contributed by atoms with van der Waals surface area (Å²) in [7, 11) is 1.58. The van der Waals surface area contributed by atoms with Gasteiger partial charge in [0.1, 0.15) is 5.75 Å². The second kappa shape index (κ2) is 6.65. The Morgan fingerprint density at radius 1 is 1.15 bits per heavy atom. The number of hydrogen-bond acceptors (Lipinski definition) is 3. The van der Waals surface area contributed by atoms with Crippen molar-refractivity contribution in [3.05, 3.63) is 50.9 Å². The largest absolute Gasteiger partial charge is 0.497 e. The highest BCUT2D eigenvalue weighted by atomic mass is 79.9. The van der Waals surface area contributed by atoms with Gasteiger partial charge in [0.25, 0.3) is 5.91 Å². The van der Waals surface area contributed by atoms with E-state index >= 15 is 0 Å². The Hall–Kier alpha value is -0.980. The van der Waals surface area contributed by atoms with Gasteiger partial charge in [-0.3, -0.25) is 4.79 Å². The van der Waals surface area contributed by atoms with Gasteiger partial charge in [-0.15, -0.1) is 12.6 Å². The van der Waals surface area contributed by atoms with E-state index in [1.54, 1.807) is 25.3 Å². The Labute approximate surface area is 139 Å². The van der Waals surface area contributed by atoms with Crippen molar-refractivity contribution in [2.75, 3.05) is 12.4 Å². The molecule has 2 aromatic carbocycles. The number of hydrogen-bond donors (Lipinski definition) is 2. The number of nitrogens with one attached hydrogen (secondary N) is 1. The molecule has 0 aromatic heterocycles. The fourth-order valence-corrected chi connectivity index (χ4v) is 2.58. The SMILES string of the molecule is COc1ccc(Br)c(NC(=O)c2cc(S)ccc2Br)c1. The smallest absolute Gasteiger partial charge is 0.256 e. The van der Waals surface area contributed by atoms with Crippen molar-refractivity contribution in [3.8, 4) is 5.75 Å². The van der Waals surface area contributed by atoms with Gasteiger partial charge in [0.2, 0.25) is 0 Å². The fraction of sp³-hybridized carbons (Fsp3) is 0.0714. The van der Waals surface area contributed by atoms with Gasteiger partial charge in [-0.25, -0.2) is 0 Å². The molecule has 0 saturated carbocycles. The van der Waals surface area contributed by atoms with Crippen LogP contribution in [0.3, 0.4) is 0 Å². The Morgan fingerprint density at radius 3 is 2.55 bits per heavy atom. The molecule has 0 aliphatic carbocycles. The second-order valence-electron chi connectivity index (χ2n) is 3.96. The molecule has 3 nitrogen and oxygen atoms in total. The van der Waals surface area contributed by atoms with Gasteiger partial charge in [-0.05, 0) is 62.2 Å². The third-order valence-electron chi connectivity index (χ3n) is 2.62. The third kappa shape index (κ3) is 3.56. The Bertz CT molecular complexity index is 662. The molecule has 0 aliphatic heterocycles. The number of amides is 1. The first kappa shape index (κ1) is 15.4. The lowest BCUT2D eigenvalue weighted by Crippen LogP contribution is -2.13. The number of methoxy groups -OCH3 is 1. The fourth-order valence-electron chi connectivity index (χ4n) is 1.60. The van der Waals surface area contributed by atoms with Crippen LogP contribution in [0.15, 0.2) is 50.2 Å². The summed E-state index contributed by atoms with van der Waals surface area (Å²) in [4.78, 5) is 13.0. The van der Waals surface area contributed by atoms with Crippen LogP contribution >= 0.6 is 44.5 Å². The van der Waals surface area contributed by atoms with Crippen LogP contribution < -0.4 is 10.1 Å². The molecule has 0 unspecified atom stereocenters. The van der Waals surface area contributed by atoms with Crippen molar-refractivity contribution < 1.29 is 9.53 Å². The summed E-state index contributed by atoms with van der Waals surface area (Å²) in [5.74, 6) is 0.451. The highest BCUT2D eigenvalue weighted by Crippen LogP contribution is 2.28. The Balaban J connectivity index is 2.30. The molecule has 0 aliphatic rings. The van der Waals surface area contributed by atoms with Crippen LogP contribution in [0.1, 0.15) is 10.4 Å². The van der Waals surface area contributed by atoms with Crippen molar-refractivity contribution >= 4 is 56.1 Å². The first-order chi connectivity index (χ1) is 9.51. The molecule has 2 rings (SSSR count). The van der Waals surface area contributed by atoms with Gasteiger partial charge in [0.15, 0.2) is 0 Å². The van der Waals surface area contributed by atoms with Crippen LogP contribution in [0.2, 0.25) is 0 Å². The molecular formula is C14H11Br2NO2S. The van der Waals surface area contributed by atoms with Crippen LogP contribution in [-0.4, -0.2) is 13.0 Å². The van der Waals surface area contributed by atoms with Crippen molar-refractivity contribution in [1.82, 2.24) is 0 Å². The molecule has 1 N–H and O–H groups in total. The van der Waals surface area contributed by atoms with Gasteiger partial charge in [-0.1, -0.05) is 0 Å². The highest BCUT2D eigenvalue weighted by Gasteiger charge is 2.12. The van der Waals surface area contributed by atoms with Gasteiger partial charge < -0.3 is 10.1 Å². The van der Waals surface area contributed by atoms with Crippen LogP contribution in [0.25, 0.3) is 0 Å². The molecular weight excluding hydrogens is 406 g/mol. The Kier molecular flexibility index (Phi) is 5.12. The summed E-state index contributed by atoms with van der Waals surface area (Å²) in [6.07, 6.45) is 0. The number of ether oxygens (including phenoxy) is 1. The van der Waals surface area contributed by atoms with E-state index in [0.29, 0.717) is 21.5 Å². The third-order valence-corrected chi connectivity index (χ3v) is 4.28. The number of rotatable bonds is 3. The standard InChI is InChI=1S/C14H11Br2NO2S/c1-19-8-2-4-12(16)13(6-8)17-14(18)10-7-9(20)3-5-11(10)15/h2-7,20H,1H3,(H,17,18). The lowest BCUT2D eigenvalue weighted by Gasteiger charge is -2.10. The monoisotopic (exact) mass is 415 g/mol. The van der Waals surface area contributed by atoms with E-state index < -0.39 is 0 Å². The van der Waals surface area contributed by atoms with Crippen molar-refractivity contribution in [3.63, 3.8) is 0 Å². The van der Waals surface area contributed by atoms with Crippen LogP contribution in [-0.2, 0) is 0 Å². The molecule has 0 radical (unpaired) electrons. The number of thiol groups is 1. The van der Waals surface area contributed by atoms with Crippen molar-refractivity contribution in [2.45, 2.75) is 4.90 Å². The number of carbonyl (C=O) groups is 1. The quantitative estimate of drug-likeness (QED) is 0.707. The van der Waals surface area contributed by atoms with Gasteiger partial charge in [0.05, 0.1) is 18.4 Å². The second-order valence-corrected chi connectivity index (χ2v) is 6.19. The summed E-state index contributed by atoms with van der Waals surface area (Å²) in [5.41, 5.74) is 1.16. The van der Waals surface area contributed by atoms with Crippen LogP contribution in [0.4, 0.5) is 5.69 Å². The number of benzene rings is 2. The maximum Gasteiger partial charge on any atom is 0.256 e. The van der Waals surface area contributed by atoms with Crippen LogP contribution in [0.5, 0.6) is 5.75 Å². The minimum Gasteiger partial charge on any atom is -0.497 e. The minimum absolute atomic E-state index is 0.221. The molecule has 0 fully saturated rings. The molecule has 0 spiro atoms. The molecule has 1 amide bonds. The molecule has 0 atom stereocenters. The van der Waals surface area contributed by atoms with Gasteiger partial charge >= 0.3 is 0 Å². The summed E-state index contributed by atoms with van der Waals surface area (Å²) in [5, 5.41) is 2.84. The van der Waals surface area contributed by atoms with Gasteiger partial charge in [0, 0.05) is 19.9 Å². The lowest BCUT2D eigenvalue weighted by molar-refractivity contribution is 0.102. The summed E-state index contributed by atoms with van der Waals surface area (Å²) >= 11 is 11.0. The van der Waals surface area contributed by atoms with Gasteiger partial charge in [-0.2, -0.15) is 0 Å². The van der Waals surface area contributed by atoms with Crippen LogP contribution in [0, 0.1) is 0 Å². The maximum absolute atomic E-state index is 12.3. The number of anilines is 1. The number of carbonyl (C=O) groups excluding carboxylic acids is 1. The lowest BCUT2D eigenvalue weighted by atomic mass is 10.2. The van der Waals surface area contributed by atoms with Crippen molar-refractivity contribution in [2.24, 2.45) is 0 Å². The van der Waals surface area contributed by atoms with E-state index in [9.17, 15) is 4.79 Å². The normalized spacial score (nSPS) is 10.2. The molecule has 2 aromatic rings. The number of halogens is 2. The molecule has 0 saturated heterocycles. The van der Waals surface area contributed by atoms with E-state index in [-0.39, 0.29) is 5.91 Å². The van der Waals surface area contributed by atoms with E-state index in [4.69, 9.17) is 4.74 Å². The predicted octanol–water partition coefficient (Wildman–Crippen LogP) is 4.76. The molecule has 0 bridgehead atoms. The first-order valence-corrected chi connectivity index (χ1v) is 7.68. The highest BCUT2D eigenvalue weighted by molar-refractivity contribution is 9.11. The van der Waals surface area contributed by atoms with E-state index in [1.807, 2.05) is 18.2 Å². The van der Waals surface area contributed by atoms with E-state index in [1.165, 1.54) is 0 Å². The zero-order valence-corrected chi connectivity index (χ0v) is 14.6. The van der Waals surface area contributed by atoms with Crippen molar-refractivity contribution in [1.29, 1.82) is 0 Å². The molecule has 104 valence electrons. The van der Waals surface area contributed by atoms with E-state index in [2.05, 4.69) is 49.8 Å². The summed E-state index contributed by atoms with van der Waals surface area (Å²) < 4.78 is 6.64. The maximum atomic E-state index is 12.3. The summed E-state index contributed by atoms with van der Waals surface area (Å²) in [6, 6.07) is 10.7. The zero-order valence-electron chi connectivity index (χ0n) is 10.5. The molecule has 0 heterocycles. The van der Waals surface area contributed by atoms with E-state index in [0.717, 1.165) is 9.37 Å². The topological polar surface area (TPSA) is 38.3 Å². The summed E-state index contributed by atoms with van der Waals surface area (Å²) in [6.45, 7) is 0. The average molecular weight is 417 g/mol. The minimum atomic E-state index is -0.221. The predicted molar refractivity (Wildman–Crippen MR) is 90.0 cm³/mol. The first-order valence-electron chi connectivity index (χ1n) is 5.64. The molecule has 20 heavy (non-hydrogen) atoms. The Morgan fingerprint density at radius 2 is 1.85 bits per heavy atom. The average Bonchev–Trinajstić information content (AvgIpc) is 2.43. The zero-order chi connectivity index (χ0) is 14.7. The molecule has 6 heteroatoms.